The first-order valence-corrected chi connectivity index (χ1v) is 16.7. The van der Waals surface area contributed by atoms with Crippen LogP contribution in [0.3, 0.4) is 0 Å². The maximum absolute atomic E-state index is 14.6. The Balaban J connectivity index is 1.77. The largest absolute Gasteiger partial charge is 0.489 e. The normalized spacial score (nSPS) is 15.5. The van der Waals surface area contributed by atoms with Crippen LogP contribution in [0.2, 0.25) is 0 Å². The van der Waals surface area contributed by atoms with E-state index in [9.17, 15) is 34.9 Å². The summed E-state index contributed by atoms with van der Waals surface area (Å²) in [5.74, 6) is 0.486. The number of nitrogens with zero attached hydrogens (tertiary/aromatic N) is 4. The molecule has 6 nitrogen and oxygen atoms in total. The van der Waals surface area contributed by atoms with Crippen LogP contribution in [-0.4, -0.2) is 45.9 Å². The highest BCUT2D eigenvalue weighted by Gasteiger charge is 2.38. The molecule has 46 heavy (non-hydrogen) atoms. The number of benzene rings is 2. The summed E-state index contributed by atoms with van der Waals surface area (Å²) in [7, 11) is -1.09. The van der Waals surface area contributed by atoms with Gasteiger partial charge in [-0.3, -0.25) is 4.21 Å². The Labute approximate surface area is 266 Å². The van der Waals surface area contributed by atoms with Crippen LogP contribution in [0.15, 0.2) is 48.8 Å². The van der Waals surface area contributed by atoms with Gasteiger partial charge in [-0.15, -0.1) is 0 Å². The molecule has 2 aromatic carbocycles. The Bertz CT molecular complexity index is 1450. The minimum Gasteiger partial charge on any atom is -0.489 e. The van der Waals surface area contributed by atoms with Crippen molar-refractivity contribution in [3.8, 4) is 5.75 Å². The Kier molecular flexibility index (Phi) is 11.5. The van der Waals surface area contributed by atoms with Gasteiger partial charge in [0.25, 0.3) is 0 Å². The van der Waals surface area contributed by atoms with Gasteiger partial charge in [0.05, 0.1) is 41.9 Å². The number of anilines is 2. The fourth-order valence-electron chi connectivity index (χ4n) is 5.64. The first kappa shape index (κ1) is 35.4. The highest BCUT2D eigenvalue weighted by atomic mass is 32.2. The molecule has 1 heterocycles. The van der Waals surface area contributed by atoms with Gasteiger partial charge in [0.2, 0.25) is 5.95 Å². The fourth-order valence-corrected chi connectivity index (χ4v) is 5.96. The van der Waals surface area contributed by atoms with E-state index >= 15 is 0 Å². The molecule has 0 radical (unpaired) electrons. The van der Waals surface area contributed by atoms with Crippen LogP contribution in [0.4, 0.5) is 42.4 Å². The summed E-state index contributed by atoms with van der Waals surface area (Å²) in [5.41, 5.74) is -1.93. The molecule has 0 aliphatic heterocycles. The van der Waals surface area contributed by atoms with E-state index in [0.717, 1.165) is 25.7 Å². The maximum Gasteiger partial charge on any atom is 0.416 e. The molecule has 1 aromatic heterocycles. The van der Waals surface area contributed by atoms with Crippen molar-refractivity contribution in [1.29, 1.82) is 0 Å². The average molecular weight is 675 g/mol. The summed E-state index contributed by atoms with van der Waals surface area (Å²) in [5, 5.41) is 0. The fraction of sp³-hybridized carbons (Fsp3) is 0.500. The SMILES string of the molecule is CCN(CC1CCCC1)c1cc(F)ccc1CN(c1ncc(OCCS(C)=O)cn1)C(C)c1cc(C(F)(F)F)cc(C(F)(F)F)c1. The Hall–Kier alpha value is -3.42. The smallest absolute Gasteiger partial charge is 0.416 e. The lowest BCUT2D eigenvalue weighted by Crippen LogP contribution is -2.32. The lowest BCUT2D eigenvalue weighted by Gasteiger charge is -2.33. The second-order valence-electron chi connectivity index (χ2n) is 11.4. The van der Waals surface area contributed by atoms with Crippen molar-refractivity contribution in [2.75, 3.05) is 41.5 Å². The van der Waals surface area contributed by atoms with Crippen LogP contribution in [-0.2, 0) is 29.7 Å². The van der Waals surface area contributed by atoms with Crippen molar-refractivity contribution in [3.05, 3.63) is 76.9 Å². The van der Waals surface area contributed by atoms with Crippen molar-refractivity contribution in [2.45, 2.75) is 64.5 Å². The van der Waals surface area contributed by atoms with Crippen LogP contribution in [0.1, 0.15) is 67.8 Å². The minimum atomic E-state index is -5.02. The summed E-state index contributed by atoms with van der Waals surface area (Å²) >= 11 is 0. The number of alkyl halides is 6. The molecule has 3 aromatic rings. The Morgan fingerprint density at radius 3 is 2.13 bits per heavy atom. The number of hydrogen-bond acceptors (Lipinski definition) is 6. The van der Waals surface area contributed by atoms with Crippen molar-refractivity contribution < 1.29 is 39.7 Å². The molecular formula is C32H37F7N4O2S. The van der Waals surface area contributed by atoms with Gasteiger partial charge in [0.1, 0.15) is 5.82 Å². The molecule has 14 heteroatoms. The second kappa shape index (κ2) is 15.0. The zero-order valence-electron chi connectivity index (χ0n) is 25.8. The highest BCUT2D eigenvalue weighted by molar-refractivity contribution is 7.84. The summed E-state index contributed by atoms with van der Waals surface area (Å²) in [6.45, 7) is 4.75. The third-order valence-electron chi connectivity index (χ3n) is 8.13. The van der Waals surface area contributed by atoms with E-state index in [1.807, 2.05) is 6.92 Å². The third-order valence-corrected chi connectivity index (χ3v) is 8.88. The van der Waals surface area contributed by atoms with Crippen LogP contribution in [0.5, 0.6) is 5.75 Å². The van der Waals surface area contributed by atoms with Crippen LogP contribution in [0.25, 0.3) is 0 Å². The molecule has 1 fully saturated rings. The van der Waals surface area contributed by atoms with E-state index in [1.54, 1.807) is 6.07 Å². The lowest BCUT2D eigenvalue weighted by atomic mass is 9.98. The summed E-state index contributed by atoms with van der Waals surface area (Å²) in [4.78, 5) is 12.2. The summed E-state index contributed by atoms with van der Waals surface area (Å²) < 4.78 is 114. The van der Waals surface area contributed by atoms with E-state index in [4.69, 9.17) is 4.74 Å². The molecule has 2 unspecified atom stereocenters. The first-order chi connectivity index (χ1) is 21.7. The molecule has 252 valence electrons. The van der Waals surface area contributed by atoms with Gasteiger partial charge in [-0.2, -0.15) is 26.3 Å². The lowest BCUT2D eigenvalue weighted by molar-refractivity contribution is -0.143. The second-order valence-corrected chi connectivity index (χ2v) is 13.0. The number of halogens is 7. The molecule has 1 aliphatic rings. The van der Waals surface area contributed by atoms with Crippen LogP contribution < -0.4 is 14.5 Å². The number of rotatable bonds is 13. The molecule has 1 saturated carbocycles. The molecule has 0 bridgehead atoms. The molecular weight excluding hydrogens is 637 g/mol. The van der Waals surface area contributed by atoms with Gasteiger partial charge in [-0.25, -0.2) is 14.4 Å². The topological polar surface area (TPSA) is 58.6 Å². The zero-order valence-corrected chi connectivity index (χ0v) is 26.6. The van der Waals surface area contributed by atoms with E-state index < -0.39 is 46.1 Å². The van der Waals surface area contributed by atoms with Gasteiger partial charge in [-0.1, -0.05) is 18.9 Å². The molecule has 0 amide bonds. The predicted molar refractivity (Wildman–Crippen MR) is 164 cm³/mol. The number of ether oxygens (including phenoxy) is 1. The van der Waals surface area contributed by atoms with Gasteiger partial charge in [0.15, 0.2) is 5.75 Å². The van der Waals surface area contributed by atoms with Crippen molar-refractivity contribution in [3.63, 3.8) is 0 Å². The van der Waals surface area contributed by atoms with E-state index in [2.05, 4.69) is 14.9 Å². The van der Waals surface area contributed by atoms with Gasteiger partial charge >= 0.3 is 12.4 Å². The molecule has 0 spiro atoms. The summed E-state index contributed by atoms with van der Waals surface area (Å²) in [6, 6.07) is 4.63. The van der Waals surface area contributed by atoms with Crippen LogP contribution in [0, 0.1) is 11.7 Å². The predicted octanol–water partition coefficient (Wildman–Crippen LogP) is 8.19. The van der Waals surface area contributed by atoms with Crippen molar-refractivity contribution >= 4 is 22.4 Å². The molecule has 2 atom stereocenters. The monoisotopic (exact) mass is 674 g/mol. The standard InChI is InChI=1S/C32H37F7N4O2S/c1-4-42(19-22-7-5-6-8-22)29-16-27(33)10-9-23(29)20-43(30-40-17-28(18-41-30)45-11-12-46(3)44)21(2)24-13-25(31(34,35)36)15-26(14-24)32(37,38)39/h9-10,13-18,21-22H,4-8,11-12,19-20H2,1-3H3. The molecule has 4 rings (SSSR count). The Morgan fingerprint density at radius 1 is 0.978 bits per heavy atom. The van der Waals surface area contributed by atoms with E-state index in [1.165, 1.54) is 42.6 Å². The Morgan fingerprint density at radius 2 is 1.59 bits per heavy atom. The molecule has 0 N–H and O–H groups in total. The first-order valence-electron chi connectivity index (χ1n) is 15.0. The van der Waals surface area contributed by atoms with Gasteiger partial charge in [-0.05, 0) is 74.1 Å². The van der Waals surface area contributed by atoms with Gasteiger partial charge in [0, 0.05) is 42.4 Å². The minimum absolute atomic E-state index is 0.0130. The van der Waals surface area contributed by atoms with E-state index in [0.29, 0.717) is 42.4 Å². The molecule has 1 aliphatic carbocycles. The zero-order chi connectivity index (χ0) is 33.6. The van der Waals surface area contributed by atoms with Crippen LogP contribution >= 0.6 is 0 Å². The number of hydrogen-bond donors (Lipinski definition) is 0. The van der Waals surface area contributed by atoms with E-state index in [-0.39, 0.29) is 42.2 Å². The maximum atomic E-state index is 14.6. The van der Waals surface area contributed by atoms with Gasteiger partial charge < -0.3 is 14.5 Å². The van der Waals surface area contributed by atoms with Crippen molar-refractivity contribution in [2.24, 2.45) is 5.92 Å². The average Bonchev–Trinajstić information content (AvgIpc) is 3.51. The number of aromatic nitrogens is 2. The summed E-state index contributed by atoms with van der Waals surface area (Å²) in [6.07, 6.45) is -1.52. The highest BCUT2D eigenvalue weighted by Crippen LogP contribution is 2.40. The third kappa shape index (κ3) is 9.32. The molecule has 0 saturated heterocycles. The van der Waals surface area contributed by atoms with Crippen molar-refractivity contribution in [1.82, 2.24) is 9.97 Å². The quantitative estimate of drug-likeness (QED) is 0.171.